The lowest BCUT2D eigenvalue weighted by molar-refractivity contribution is -0.128. The Morgan fingerprint density at radius 1 is 1.36 bits per heavy atom. The fraction of sp³-hybridized carbons (Fsp3) is 0.714. The highest BCUT2D eigenvalue weighted by Gasteiger charge is 2.46. The van der Waals surface area contributed by atoms with Crippen molar-refractivity contribution in [3.8, 4) is 0 Å². The molecule has 4 N–H and O–H groups in total. The van der Waals surface area contributed by atoms with Crippen LogP contribution in [0.15, 0.2) is 9.42 Å². The van der Waals surface area contributed by atoms with Crippen LogP contribution in [-0.2, 0) is 14.8 Å². The van der Waals surface area contributed by atoms with Crippen molar-refractivity contribution in [2.24, 2.45) is 5.73 Å². The fourth-order valence-corrected chi connectivity index (χ4v) is 4.73. The molecule has 25 heavy (non-hydrogen) atoms. The van der Waals surface area contributed by atoms with Crippen molar-refractivity contribution in [1.82, 2.24) is 15.2 Å². The molecule has 142 valence electrons. The van der Waals surface area contributed by atoms with Gasteiger partial charge in [0.25, 0.3) is 5.92 Å². The number of nitrogens with one attached hydrogen (secondary N) is 2. The minimum Gasteiger partial charge on any atom is -0.360 e. The molecular weight excluding hydrogens is 358 g/mol. The van der Waals surface area contributed by atoms with Crippen LogP contribution in [0.3, 0.4) is 0 Å². The summed E-state index contributed by atoms with van der Waals surface area (Å²) in [6.45, 7) is 1.05. The second kappa shape index (κ2) is 6.96. The SMILES string of the molecule is Cc1noc(C)c1S(=O)(=O)NC1(C(=O)NCC(F)(F)CN)CCCC1. The van der Waals surface area contributed by atoms with Crippen molar-refractivity contribution < 1.29 is 26.5 Å². The second-order valence-corrected chi connectivity index (χ2v) is 7.91. The minimum atomic E-state index is -4.10. The van der Waals surface area contributed by atoms with Crippen molar-refractivity contribution in [3.63, 3.8) is 0 Å². The molecule has 11 heteroatoms. The van der Waals surface area contributed by atoms with Gasteiger partial charge in [0.1, 0.15) is 16.1 Å². The molecule has 1 aliphatic carbocycles. The Morgan fingerprint density at radius 3 is 2.44 bits per heavy atom. The number of nitrogens with zero attached hydrogens (tertiary/aromatic N) is 1. The summed E-state index contributed by atoms with van der Waals surface area (Å²) in [5.41, 5.74) is 3.64. The zero-order valence-electron chi connectivity index (χ0n) is 14.1. The van der Waals surface area contributed by atoms with Crippen LogP contribution in [-0.4, -0.2) is 44.0 Å². The molecule has 0 unspecified atom stereocenters. The van der Waals surface area contributed by atoms with E-state index in [1.54, 1.807) is 0 Å². The van der Waals surface area contributed by atoms with Crippen molar-refractivity contribution in [3.05, 3.63) is 11.5 Å². The van der Waals surface area contributed by atoms with Gasteiger partial charge < -0.3 is 15.6 Å². The van der Waals surface area contributed by atoms with E-state index < -0.39 is 40.5 Å². The second-order valence-electron chi connectivity index (χ2n) is 6.29. The molecule has 1 aromatic rings. The van der Waals surface area contributed by atoms with E-state index in [2.05, 4.69) is 15.2 Å². The number of sulfonamides is 1. The molecule has 0 aliphatic heterocycles. The molecule has 1 saturated carbocycles. The molecular formula is C14H22F2N4O4S. The summed E-state index contributed by atoms with van der Waals surface area (Å²) in [5.74, 6) is -3.95. The predicted octanol–water partition coefficient (Wildman–Crippen LogP) is 0.593. The summed E-state index contributed by atoms with van der Waals surface area (Å²) in [5, 5.41) is 5.72. The summed E-state index contributed by atoms with van der Waals surface area (Å²) >= 11 is 0. The van der Waals surface area contributed by atoms with Crippen LogP contribution in [0, 0.1) is 13.8 Å². The van der Waals surface area contributed by atoms with Gasteiger partial charge >= 0.3 is 0 Å². The molecule has 8 nitrogen and oxygen atoms in total. The van der Waals surface area contributed by atoms with E-state index in [0.29, 0.717) is 12.8 Å². The number of alkyl halides is 2. The monoisotopic (exact) mass is 380 g/mol. The van der Waals surface area contributed by atoms with Crippen molar-refractivity contribution in [2.45, 2.75) is 55.9 Å². The molecule has 1 aliphatic rings. The molecule has 0 saturated heterocycles. The first-order valence-electron chi connectivity index (χ1n) is 7.86. The number of hydrogen-bond donors (Lipinski definition) is 3. The van der Waals surface area contributed by atoms with Crippen LogP contribution in [0.1, 0.15) is 37.1 Å². The molecule has 0 radical (unpaired) electrons. The molecule has 1 heterocycles. The van der Waals surface area contributed by atoms with Crippen LogP contribution in [0.4, 0.5) is 8.78 Å². The topological polar surface area (TPSA) is 127 Å². The Morgan fingerprint density at radius 2 is 1.96 bits per heavy atom. The molecule has 0 spiro atoms. The van der Waals surface area contributed by atoms with Gasteiger partial charge in [0.2, 0.25) is 15.9 Å². The number of nitrogens with two attached hydrogens (primary N) is 1. The van der Waals surface area contributed by atoms with Crippen LogP contribution < -0.4 is 15.8 Å². The van der Waals surface area contributed by atoms with Crippen molar-refractivity contribution in [2.75, 3.05) is 13.1 Å². The molecule has 0 atom stereocenters. The van der Waals surface area contributed by atoms with E-state index in [-0.39, 0.29) is 29.2 Å². The summed E-state index contributed by atoms with van der Waals surface area (Å²) in [4.78, 5) is 12.4. The first-order chi connectivity index (χ1) is 11.5. The maximum atomic E-state index is 13.3. The van der Waals surface area contributed by atoms with E-state index in [1.165, 1.54) is 13.8 Å². The van der Waals surface area contributed by atoms with Crippen LogP contribution in [0.25, 0.3) is 0 Å². The average molecular weight is 380 g/mol. The number of carbonyl (C=O) groups excluding carboxylic acids is 1. The lowest BCUT2D eigenvalue weighted by Crippen LogP contribution is -2.58. The van der Waals surface area contributed by atoms with Gasteiger partial charge in [0.15, 0.2) is 5.76 Å². The van der Waals surface area contributed by atoms with E-state index >= 15 is 0 Å². The van der Waals surface area contributed by atoms with E-state index in [0.717, 1.165) is 0 Å². The lowest BCUT2D eigenvalue weighted by atomic mass is 9.98. The maximum Gasteiger partial charge on any atom is 0.277 e. The Balaban J connectivity index is 2.24. The summed E-state index contributed by atoms with van der Waals surface area (Å²) in [6.07, 6.45) is 1.64. The van der Waals surface area contributed by atoms with Crippen LogP contribution >= 0.6 is 0 Å². The molecule has 1 amide bonds. The third kappa shape index (κ3) is 4.15. The zero-order valence-corrected chi connectivity index (χ0v) is 14.9. The van der Waals surface area contributed by atoms with Gasteiger partial charge in [0, 0.05) is 0 Å². The van der Waals surface area contributed by atoms with Gasteiger partial charge in [-0.1, -0.05) is 18.0 Å². The number of hydrogen-bond acceptors (Lipinski definition) is 6. The first-order valence-corrected chi connectivity index (χ1v) is 9.34. The minimum absolute atomic E-state index is 0.0909. The van der Waals surface area contributed by atoms with Crippen molar-refractivity contribution >= 4 is 15.9 Å². The van der Waals surface area contributed by atoms with Gasteiger partial charge in [-0.25, -0.2) is 17.2 Å². The first kappa shape index (κ1) is 19.7. The highest BCUT2D eigenvalue weighted by atomic mass is 32.2. The zero-order chi connectivity index (χ0) is 18.9. The molecule has 1 fully saturated rings. The fourth-order valence-electron chi connectivity index (χ4n) is 2.97. The number of carbonyl (C=O) groups is 1. The van der Waals surface area contributed by atoms with Gasteiger partial charge in [-0.15, -0.1) is 0 Å². The normalized spacial score (nSPS) is 17.6. The smallest absolute Gasteiger partial charge is 0.277 e. The summed E-state index contributed by atoms with van der Waals surface area (Å²) in [7, 11) is -4.10. The van der Waals surface area contributed by atoms with E-state index in [1.807, 2.05) is 0 Å². The van der Waals surface area contributed by atoms with Gasteiger partial charge in [-0.05, 0) is 26.7 Å². The van der Waals surface area contributed by atoms with E-state index in [9.17, 15) is 22.0 Å². The summed E-state index contributed by atoms with van der Waals surface area (Å²) in [6, 6.07) is 0. The number of rotatable bonds is 7. The highest BCUT2D eigenvalue weighted by molar-refractivity contribution is 7.89. The Kier molecular flexibility index (Phi) is 5.50. The quantitative estimate of drug-likeness (QED) is 0.635. The molecule has 0 bridgehead atoms. The van der Waals surface area contributed by atoms with Gasteiger partial charge in [0.05, 0.1) is 13.1 Å². The maximum absolute atomic E-state index is 13.3. The number of halogens is 2. The number of aromatic nitrogens is 1. The van der Waals surface area contributed by atoms with Crippen LogP contribution in [0.5, 0.6) is 0 Å². The van der Waals surface area contributed by atoms with Crippen molar-refractivity contribution in [1.29, 1.82) is 0 Å². The molecule has 2 rings (SSSR count). The largest absolute Gasteiger partial charge is 0.360 e. The average Bonchev–Trinajstić information content (AvgIpc) is 3.12. The molecule has 0 aromatic carbocycles. The number of aryl methyl sites for hydroxylation is 2. The van der Waals surface area contributed by atoms with E-state index in [4.69, 9.17) is 10.3 Å². The predicted molar refractivity (Wildman–Crippen MR) is 84.5 cm³/mol. The van der Waals surface area contributed by atoms with Gasteiger partial charge in [-0.3, -0.25) is 4.79 Å². The molecule has 1 aromatic heterocycles. The Labute approximate surface area is 144 Å². The third-order valence-corrected chi connectivity index (χ3v) is 6.04. The third-order valence-electron chi connectivity index (χ3n) is 4.26. The van der Waals surface area contributed by atoms with Gasteiger partial charge in [-0.2, -0.15) is 4.72 Å². The Bertz CT molecular complexity index is 723. The highest BCUT2D eigenvalue weighted by Crippen LogP contribution is 2.32. The van der Waals surface area contributed by atoms with Crippen LogP contribution in [0.2, 0.25) is 0 Å². The standard InChI is InChI=1S/C14H22F2N4O4S/c1-9-11(10(2)24-19-9)25(22,23)20-13(5-3-4-6-13)12(21)18-8-14(15,16)7-17/h20H,3-8,17H2,1-2H3,(H,18,21). The Hall–Kier alpha value is -1.59. The number of amides is 1. The lowest BCUT2D eigenvalue weighted by Gasteiger charge is -2.29. The summed E-state index contributed by atoms with van der Waals surface area (Å²) < 4.78 is 59.2.